The van der Waals surface area contributed by atoms with E-state index in [0.717, 1.165) is 22.2 Å². The first kappa shape index (κ1) is 16.3. The Labute approximate surface area is 134 Å². The van der Waals surface area contributed by atoms with E-state index in [1.54, 1.807) is 11.0 Å². The summed E-state index contributed by atoms with van der Waals surface area (Å²) >= 11 is 0.873. The predicted molar refractivity (Wildman–Crippen MR) is 87.0 cm³/mol. The maximum absolute atomic E-state index is 12.3. The molecule has 116 valence electrons. The lowest BCUT2D eigenvalue weighted by molar-refractivity contribution is -0.135. The molecule has 1 fully saturated rings. The SMILES string of the molecule is CCN(CC)C(=O)CN1C(=O)S/C(=C\c2ccccc2)C1=O. The van der Waals surface area contributed by atoms with Gasteiger partial charge in [-0.05, 0) is 37.2 Å². The van der Waals surface area contributed by atoms with Gasteiger partial charge in [0.15, 0.2) is 0 Å². The molecular formula is C16H18N2O3S. The van der Waals surface area contributed by atoms with E-state index in [2.05, 4.69) is 0 Å². The van der Waals surface area contributed by atoms with Crippen molar-refractivity contribution in [2.24, 2.45) is 0 Å². The van der Waals surface area contributed by atoms with Gasteiger partial charge >= 0.3 is 0 Å². The van der Waals surface area contributed by atoms with Crippen molar-refractivity contribution in [3.05, 3.63) is 40.8 Å². The second kappa shape index (κ2) is 7.26. The molecule has 5 nitrogen and oxygen atoms in total. The van der Waals surface area contributed by atoms with Gasteiger partial charge in [0.25, 0.3) is 11.1 Å². The molecule has 0 spiro atoms. The number of carbonyl (C=O) groups excluding carboxylic acids is 3. The summed E-state index contributed by atoms with van der Waals surface area (Å²) in [5, 5.41) is -0.396. The zero-order valence-electron chi connectivity index (χ0n) is 12.6. The highest BCUT2D eigenvalue weighted by molar-refractivity contribution is 8.18. The van der Waals surface area contributed by atoms with Crippen molar-refractivity contribution < 1.29 is 14.4 Å². The van der Waals surface area contributed by atoms with Crippen LogP contribution in [0.1, 0.15) is 19.4 Å². The van der Waals surface area contributed by atoms with Gasteiger partial charge in [0.05, 0.1) is 4.91 Å². The Morgan fingerprint density at radius 3 is 2.41 bits per heavy atom. The molecule has 0 N–H and O–H groups in total. The molecule has 0 unspecified atom stereocenters. The van der Waals surface area contributed by atoms with Crippen molar-refractivity contribution in [1.29, 1.82) is 0 Å². The van der Waals surface area contributed by atoms with E-state index < -0.39 is 11.1 Å². The average Bonchev–Trinajstić information content (AvgIpc) is 2.77. The van der Waals surface area contributed by atoms with E-state index in [1.807, 2.05) is 44.2 Å². The minimum atomic E-state index is -0.403. The van der Waals surface area contributed by atoms with Crippen LogP contribution in [0.2, 0.25) is 0 Å². The van der Waals surface area contributed by atoms with E-state index in [-0.39, 0.29) is 12.5 Å². The highest BCUT2D eigenvalue weighted by Gasteiger charge is 2.36. The van der Waals surface area contributed by atoms with Gasteiger partial charge in [-0.25, -0.2) is 0 Å². The van der Waals surface area contributed by atoms with E-state index in [1.165, 1.54) is 0 Å². The van der Waals surface area contributed by atoms with E-state index in [0.29, 0.717) is 18.0 Å². The summed E-state index contributed by atoms with van der Waals surface area (Å²) in [6, 6.07) is 9.32. The molecule has 0 radical (unpaired) electrons. The Balaban J connectivity index is 2.12. The van der Waals surface area contributed by atoms with E-state index in [4.69, 9.17) is 0 Å². The van der Waals surface area contributed by atoms with Crippen LogP contribution in [0.4, 0.5) is 4.79 Å². The average molecular weight is 318 g/mol. The normalized spacial score (nSPS) is 16.5. The number of thioether (sulfide) groups is 1. The fraction of sp³-hybridized carbons (Fsp3) is 0.312. The Morgan fingerprint density at radius 2 is 1.82 bits per heavy atom. The Morgan fingerprint density at radius 1 is 1.18 bits per heavy atom. The standard InChI is InChI=1S/C16H18N2O3S/c1-3-17(4-2)14(19)11-18-15(20)13(22-16(18)21)10-12-8-6-5-7-9-12/h5-10H,3-4,11H2,1-2H3/b13-10-. The van der Waals surface area contributed by atoms with Crippen LogP contribution in [0.25, 0.3) is 6.08 Å². The van der Waals surface area contributed by atoms with Crippen LogP contribution in [-0.2, 0) is 9.59 Å². The molecule has 0 atom stereocenters. The van der Waals surface area contributed by atoms with Gasteiger partial charge in [-0.15, -0.1) is 0 Å². The number of nitrogens with zero attached hydrogens (tertiary/aromatic N) is 2. The third-order valence-electron chi connectivity index (χ3n) is 3.38. The molecule has 0 aliphatic carbocycles. The fourth-order valence-electron chi connectivity index (χ4n) is 2.15. The van der Waals surface area contributed by atoms with Gasteiger partial charge < -0.3 is 4.90 Å². The number of hydrogen-bond acceptors (Lipinski definition) is 4. The van der Waals surface area contributed by atoms with Crippen molar-refractivity contribution in [2.45, 2.75) is 13.8 Å². The highest BCUT2D eigenvalue weighted by Crippen LogP contribution is 2.32. The van der Waals surface area contributed by atoms with E-state index in [9.17, 15) is 14.4 Å². The lowest BCUT2D eigenvalue weighted by Gasteiger charge is -2.21. The van der Waals surface area contributed by atoms with Crippen molar-refractivity contribution in [2.75, 3.05) is 19.6 Å². The maximum Gasteiger partial charge on any atom is 0.294 e. The molecule has 0 bridgehead atoms. The molecule has 1 heterocycles. The van der Waals surface area contributed by atoms with Gasteiger partial charge in [0.1, 0.15) is 6.54 Å². The summed E-state index contributed by atoms with van der Waals surface area (Å²) in [6.45, 7) is 4.66. The maximum atomic E-state index is 12.3. The number of amides is 3. The minimum Gasteiger partial charge on any atom is -0.342 e. The summed E-state index contributed by atoms with van der Waals surface area (Å²) in [6.07, 6.45) is 1.67. The molecule has 1 aliphatic rings. The van der Waals surface area contributed by atoms with Crippen LogP contribution < -0.4 is 0 Å². The molecule has 22 heavy (non-hydrogen) atoms. The molecular weight excluding hydrogens is 300 g/mol. The molecule has 1 aromatic carbocycles. The third-order valence-corrected chi connectivity index (χ3v) is 4.29. The second-order valence-electron chi connectivity index (χ2n) is 4.74. The second-order valence-corrected chi connectivity index (χ2v) is 5.74. The fourth-order valence-corrected chi connectivity index (χ4v) is 2.99. The monoisotopic (exact) mass is 318 g/mol. The summed E-state index contributed by atoms with van der Waals surface area (Å²) in [4.78, 5) is 39.3. The lowest BCUT2D eigenvalue weighted by Crippen LogP contribution is -2.41. The summed E-state index contributed by atoms with van der Waals surface area (Å²) in [5.74, 6) is -0.618. The minimum absolute atomic E-state index is 0.196. The Bertz CT molecular complexity index is 609. The molecule has 0 aromatic heterocycles. The number of hydrogen-bond donors (Lipinski definition) is 0. The van der Waals surface area contributed by atoms with Crippen LogP contribution in [0.5, 0.6) is 0 Å². The number of carbonyl (C=O) groups is 3. The Hall–Kier alpha value is -2.08. The molecule has 1 aromatic rings. The van der Waals surface area contributed by atoms with E-state index >= 15 is 0 Å². The number of likely N-dealkylation sites (N-methyl/N-ethyl adjacent to an activating group) is 1. The molecule has 1 saturated heterocycles. The first-order chi connectivity index (χ1) is 10.6. The zero-order valence-corrected chi connectivity index (χ0v) is 13.4. The smallest absolute Gasteiger partial charge is 0.294 e. The van der Waals surface area contributed by atoms with Crippen LogP contribution >= 0.6 is 11.8 Å². The van der Waals surface area contributed by atoms with Crippen LogP contribution in [0.3, 0.4) is 0 Å². The van der Waals surface area contributed by atoms with Crippen molar-refractivity contribution >= 4 is 34.9 Å². The first-order valence-electron chi connectivity index (χ1n) is 7.15. The lowest BCUT2D eigenvalue weighted by atomic mass is 10.2. The van der Waals surface area contributed by atoms with Gasteiger partial charge in [-0.1, -0.05) is 30.3 Å². The molecule has 0 saturated carbocycles. The van der Waals surface area contributed by atoms with Crippen molar-refractivity contribution in [3.63, 3.8) is 0 Å². The quantitative estimate of drug-likeness (QED) is 0.783. The molecule has 1 aliphatic heterocycles. The largest absolute Gasteiger partial charge is 0.342 e. The summed E-state index contributed by atoms with van der Waals surface area (Å²) in [5.41, 5.74) is 0.850. The van der Waals surface area contributed by atoms with Gasteiger partial charge in [-0.3, -0.25) is 19.3 Å². The number of benzene rings is 1. The van der Waals surface area contributed by atoms with Crippen molar-refractivity contribution in [3.8, 4) is 0 Å². The topological polar surface area (TPSA) is 57.7 Å². The van der Waals surface area contributed by atoms with Gasteiger partial charge in [0.2, 0.25) is 5.91 Å². The van der Waals surface area contributed by atoms with Crippen LogP contribution in [-0.4, -0.2) is 46.5 Å². The first-order valence-corrected chi connectivity index (χ1v) is 7.96. The summed E-state index contributed by atoms with van der Waals surface area (Å²) < 4.78 is 0. The number of imide groups is 1. The summed E-state index contributed by atoms with van der Waals surface area (Å²) in [7, 11) is 0. The molecule has 2 rings (SSSR count). The van der Waals surface area contributed by atoms with Crippen LogP contribution in [0.15, 0.2) is 35.2 Å². The van der Waals surface area contributed by atoms with Gasteiger partial charge in [0, 0.05) is 13.1 Å². The van der Waals surface area contributed by atoms with Crippen molar-refractivity contribution in [1.82, 2.24) is 9.80 Å². The molecule has 3 amide bonds. The predicted octanol–water partition coefficient (Wildman–Crippen LogP) is 2.59. The number of rotatable bonds is 5. The third kappa shape index (κ3) is 3.57. The highest BCUT2D eigenvalue weighted by atomic mass is 32.2. The Kier molecular flexibility index (Phi) is 5.38. The zero-order chi connectivity index (χ0) is 16.1. The van der Waals surface area contributed by atoms with Crippen LogP contribution in [0, 0.1) is 0 Å². The molecule has 6 heteroatoms. The van der Waals surface area contributed by atoms with Gasteiger partial charge in [-0.2, -0.15) is 0 Å².